The fourth-order valence-corrected chi connectivity index (χ4v) is 1.53. The molecule has 0 aliphatic carbocycles. The lowest BCUT2D eigenvalue weighted by molar-refractivity contribution is 0.953. The van der Waals surface area contributed by atoms with Crippen LogP contribution in [0.5, 0.6) is 0 Å². The quantitative estimate of drug-likeness (QED) is 0.840. The molecular formula is C13H16N4. The molecule has 0 aromatic carbocycles. The molecule has 0 aliphatic rings. The zero-order chi connectivity index (χ0) is 12.1. The van der Waals surface area contributed by atoms with Gasteiger partial charge in [-0.3, -0.25) is 4.98 Å². The van der Waals surface area contributed by atoms with Gasteiger partial charge in [0.25, 0.3) is 0 Å². The molecule has 0 radical (unpaired) electrons. The van der Waals surface area contributed by atoms with Crippen LogP contribution < -0.4 is 11.1 Å². The minimum atomic E-state index is 0.722. The summed E-state index contributed by atoms with van der Waals surface area (Å²) in [5.74, 6) is 0.854. The number of nitrogens with one attached hydrogen (secondary N) is 1. The molecule has 4 heteroatoms. The average Bonchev–Trinajstić information content (AvgIpc) is 2.35. The summed E-state index contributed by atoms with van der Waals surface area (Å²) in [5.41, 5.74) is 8.55. The molecule has 0 amide bonds. The van der Waals surface area contributed by atoms with Gasteiger partial charge in [0.15, 0.2) is 0 Å². The van der Waals surface area contributed by atoms with Crippen molar-refractivity contribution >= 4 is 11.5 Å². The van der Waals surface area contributed by atoms with Crippen LogP contribution in [0, 0.1) is 6.92 Å². The van der Waals surface area contributed by atoms with Crippen LogP contribution in [-0.2, 0) is 6.42 Å². The summed E-state index contributed by atoms with van der Waals surface area (Å²) in [6, 6.07) is 7.88. The second-order valence-electron chi connectivity index (χ2n) is 3.92. The van der Waals surface area contributed by atoms with E-state index in [9.17, 15) is 0 Å². The van der Waals surface area contributed by atoms with Crippen molar-refractivity contribution < 1.29 is 0 Å². The number of anilines is 2. The Morgan fingerprint density at radius 2 is 2.18 bits per heavy atom. The van der Waals surface area contributed by atoms with Gasteiger partial charge in [0.2, 0.25) is 0 Å². The lowest BCUT2D eigenvalue weighted by atomic mass is 10.2. The highest BCUT2D eigenvalue weighted by Crippen LogP contribution is 2.12. The molecule has 0 atom stereocenters. The van der Waals surface area contributed by atoms with Crippen LogP contribution in [0.2, 0.25) is 0 Å². The first-order valence-corrected chi connectivity index (χ1v) is 5.61. The first-order chi connectivity index (χ1) is 8.25. The van der Waals surface area contributed by atoms with E-state index in [4.69, 9.17) is 5.73 Å². The van der Waals surface area contributed by atoms with Gasteiger partial charge in [0.1, 0.15) is 5.82 Å². The first kappa shape index (κ1) is 11.4. The highest BCUT2D eigenvalue weighted by atomic mass is 15.0. The van der Waals surface area contributed by atoms with Crippen LogP contribution in [0.1, 0.15) is 11.3 Å². The molecule has 17 heavy (non-hydrogen) atoms. The topological polar surface area (TPSA) is 63.8 Å². The maximum absolute atomic E-state index is 5.71. The van der Waals surface area contributed by atoms with E-state index in [1.165, 1.54) is 0 Å². The molecule has 2 aromatic heterocycles. The number of rotatable bonds is 4. The van der Waals surface area contributed by atoms with Gasteiger partial charge in [0, 0.05) is 24.9 Å². The van der Waals surface area contributed by atoms with Crippen molar-refractivity contribution in [2.75, 3.05) is 17.6 Å². The number of nitrogens with zero attached hydrogens (tertiary/aromatic N) is 2. The monoisotopic (exact) mass is 228 g/mol. The maximum Gasteiger partial charge on any atom is 0.126 e. The Balaban J connectivity index is 1.88. The van der Waals surface area contributed by atoms with E-state index in [1.54, 1.807) is 12.4 Å². The van der Waals surface area contributed by atoms with Gasteiger partial charge in [-0.1, -0.05) is 6.07 Å². The third-order valence-corrected chi connectivity index (χ3v) is 2.56. The van der Waals surface area contributed by atoms with Crippen molar-refractivity contribution in [3.63, 3.8) is 0 Å². The predicted molar refractivity (Wildman–Crippen MR) is 69.8 cm³/mol. The van der Waals surface area contributed by atoms with Crippen molar-refractivity contribution in [3.8, 4) is 0 Å². The van der Waals surface area contributed by atoms with Gasteiger partial charge < -0.3 is 11.1 Å². The average molecular weight is 228 g/mol. The second-order valence-corrected chi connectivity index (χ2v) is 3.92. The summed E-state index contributed by atoms with van der Waals surface area (Å²) >= 11 is 0. The smallest absolute Gasteiger partial charge is 0.126 e. The number of hydrogen-bond donors (Lipinski definition) is 2. The Morgan fingerprint density at radius 3 is 2.88 bits per heavy atom. The third-order valence-electron chi connectivity index (χ3n) is 2.56. The minimum Gasteiger partial charge on any atom is -0.397 e. The van der Waals surface area contributed by atoms with Crippen molar-refractivity contribution in [1.82, 2.24) is 9.97 Å². The molecule has 2 rings (SSSR count). The fourth-order valence-electron chi connectivity index (χ4n) is 1.53. The maximum atomic E-state index is 5.71. The predicted octanol–water partition coefficient (Wildman–Crippen LogP) is 2.02. The second kappa shape index (κ2) is 5.30. The van der Waals surface area contributed by atoms with Gasteiger partial charge in [-0.05, 0) is 30.7 Å². The molecule has 4 nitrogen and oxygen atoms in total. The molecule has 0 unspecified atom stereocenters. The molecule has 2 aromatic rings. The molecule has 0 saturated heterocycles. The zero-order valence-corrected chi connectivity index (χ0v) is 9.85. The normalized spacial score (nSPS) is 10.2. The Bertz CT molecular complexity index is 482. The summed E-state index contributed by atoms with van der Waals surface area (Å²) in [4.78, 5) is 8.47. The van der Waals surface area contributed by atoms with Gasteiger partial charge >= 0.3 is 0 Å². The highest BCUT2D eigenvalue weighted by Gasteiger charge is 1.98. The minimum absolute atomic E-state index is 0.722. The van der Waals surface area contributed by atoms with Gasteiger partial charge in [-0.15, -0.1) is 0 Å². The van der Waals surface area contributed by atoms with Crippen molar-refractivity contribution in [3.05, 3.63) is 47.9 Å². The molecule has 0 spiro atoms. The summed E-state index contributed by atoms with van der Waals surface area (Å²) in [6.07, 6.45) is 4.37. The zero-order valence-electron chi connectivity index (χ0n) is 9.85. The number of nitrogen functional groups attached to an aromatic ring is 1. The van der Waals surface area contributed by atoms with Crippen LogP contribution in [0.4, 0.5) is 11.5 Å². The molecule has 0 aliphatic heterocycles. The van der Waals surface area contributed by atoms with E-state index < -0.39 is 0 Å². The molecule has 0 bridgehead atoms. The Labute approximate surface area is 101 Å². The number of nitrogens with two attached hydrogens (primary N) is 1. The fraction of sp³-hybridized carbons (Fsp3) is 0.231. The number of hydrogen-bond acceptors (Lipinski definition) is 4. The lowest BCUT2D eigenvalue weighted by Gasteiger charge is -2.07. The largest absolute Gasteiger partial charge is 0.397 e. The van der Waals surface area contributed by atoms with Gasteiger partial charge in [0.05, 0.1) is 11.9 Å². The van der Waals surface area contributed by atoms with E-state index in [2.05, 4.69) is 15.3 Å². The molecular weight excluding hydrogens is 212 g/mol. The van der Waals surface area contributed by atoms with Crippen LogP contribution in [-0.4, -0.2) is 16.5 Å². The van der Waals surface area contributed by atoms with Crippen molar-refractivity contribution in [2.24, 2.45) is 0 Å². The van der Waals surface area contributed by atoms with E-state index in [1.807, 2.05) is 31.2 Å². The van der Waals surface area contributed by atoms with E-state index in [0.29, 0.717) is 0 Å². The number of pyridine rings is 2. The summed E-state index contributed by atoms with van der Waals surface area (Å²) in [5, 5.41) is 3.25. The molecule has 2 heterocycles. The van der Waals surface area contributed by atoms with E-state index in [0.717, 1.165) is 35.7 Å². The standard InChI is InChI=1S/C13H16N4/c1-10-8-13(17-9-12(10)14)16-7-5-11-4-2-3-6-15-11/h2-4,6,8-9H,5,7,14H2,1H3,(H,16,17). The van der Waals surface area contributed by atoms with Crippen molar-refractivity contribution in [2.45, 2.75) is 13.3 Å². The highest BCUT2D eigenvalue weighted by molar-refractivity contribution is 5.50. The number of aromatic nitrogens is 2. The summed E-state index contributed by atoms with van der Waals surface area (Å²) < 4.78 is 0. The Hall–Kier alpha value is -2.10. The summed E-state index contributed by atoms with van der Waals surface area (Å²) in [7, 11) is 0. The van der Waals surface area contributed by atoms with E-state index >= 15 is 0 Å². The van der Waals surface area contributed by atoms with Gasteiger partial charge in [-0.25, -0.2) is 4.98 Å². The van der Waals surface area contributed by atoms with Crippen LogP contribution in [0.25, 0.3) is 0 Å². The molecule has 88 valence electrons. The summed E-state index contributed by atoms with van der Waals surface area (Å²) in [6.45, 7) is 2.79. The molecule has 0 saturated carbocycles. The Kier molecular flexibility index (Phi) is 3.55. The van der Waals surface area contributed by atoms with Crippen molar-refractivity contribution in [1.29, 1.82) is 0 Å². The lowest BCUT2D eigenvalue weighted by Crippen LogP contribution is -2.07. The van der Waals surface area contributed by atoms with Gasteiger partial charge in [-0.2, -0.15) is 0 Å². The van der Waals surface area contributed by atoms with Crippen LogP contribution in [0.3, 0.4) is 0 Å². The van der Waals surface area contributed by atoms with Crippen LogP contribution >= 0.6 is 0 Å². The SMILES string of the molecule is Cc1cc(NCCc2ccccn2)ncc1N. The first-order valence-electron chi connectivity index (χ1n) is 5.61. The number of aryl methyl sites for hydroxylation is 1. The van der Waals surface area contributed by atoms with Crippen LogP contribution in [0.15, 0.2) is 36.7 Å². The Morgan fingerprint density at radius 1 is 1.29 bits per heavy atom. The van der Waals surface area contributed by atoms with E-state index in [-0.39, 0.29) is 0 Å². The third kappa shape index (κ3) is 3.17. The molecule has 0 fully saturated rings. The molecule has 3 N–H and O–H groups in total.